The van der Waals surface area contributed by atoms with E-state index in [1.807, 2.05) is 18.2 Å². The molecule has 0 aliphatic carbocycles. The van der Waals surface area contributed by atoms with Crippen molar-refractivity contribution in [2.75, 3.05) is 13.1 Å². The Morgan fingerprint density at radius 1 is 1.29 bits per heavy atom. The maximum absolute atomic E-state index is 10.6. The predicted molar refractivity (Wildman–Crippen MR) is 82.0 cm³/mol. The number of carboxylic acids is 1. The fraction of sp³-hybridized carbons (Fsp3) is 0.412. The molecule has 1 atom stereocenters. The van der Waals surface area contributed by atoms with Crippen LogP contribution in [0.3, 0.4) is 0 Å². The zero-order valence-electron chi connectivity index (χ0n) is 12.0. The van der Waals surface area contributed by atoms with Gasteiger partial charge >= 0.3 is 5.97 Å². The van der Waals surface area contributed by atoms with Crippen LogP contribution in [0.5, 0.6) is 0 Å². The summed E-state index contributed by atoms with van der Waals surface area (Å²) in [7, 11) is 0. The van der Waals surface area contributed by atoms with Crippen LogP contribution in [0, 0.1) is 5.92 Å². The molecule has 1 aliphatic rings. The fourth-order valence-electron chi connectivity index (χ4n) is 3.05. The topological polar surface area (TPSA) is 53.4 Å². The van der Waals surface area contributed by atoms with Crippen molar-refractivity contribution in [3.8, 4) is 0 Å². The van der Waals surface area contributed by atoms with Gasteiger partial charge in [0.25, 0.3) is 0 Å². The number of fused-ring (bicyclic) bond motifs is 1. The molecular formula is C17H20N2O2. The molecule has 3 rings (SSSR count). The SMILES string of the molecule is O=C(O)CCC1CCN(Cc2ccc3ccccc3n2)C1. The maximum Gasteiger partial charge on any atom is 0.303 e. The van der Waals surface area contributed by atoms with Gasteiger partial charge in [-0.25, -0.2) is 0 Å². The lowest BCUT2D eigenvalue weighted by Gasteiger charge is -2.15. The number of pyridine rings is 1. The van der Waals surface area contributed by atoms with E-state index in [1.54, 1.807) is 0 Å². The van der Waals surface area contributed by atoms with Gasteiger partial charge in [0, 0.05) is 24.9 Å². The highest BCUT2D eigenvalue weighted by atomic mass is 16.4. The number of para-hydroxylation sites is 1. The van der Waals surface area contributed by atoms with Crippen molar-refractivity contribution in [1.29, 1.82) is 0 Å². The van der Waals surface area contributed by atoms with Crippen molar-refractivity contribution < 1.29 is 9.90 Å². The molecule has 1 unspecified atom stereocenters. The highest BCUT2D eigenvalue weighted by molar-refractivity contribution is 5.78. The van der Waals surface area contributed by atoms with Crippen LogP contribution >= 0.6 is 0 Å². The number of rotatable bonds is 5. The Labute approximate surface area is 124 Å². The summed E-state index contributed by atoms with van der Waals surface area (Å²) in [5.74, 6) is -0.175. The third kappa shape index (κ3) is 3.58. The summed E-state index contributed by atoms with van der Waals surface area (Å²) in [5, 5.41) is 9.92. The average Bonchev–Trinajstić information content (AvgIpc) is 2.92. The van der Waals surface area contributed by atoms with Gasteiger partial charge in [0.2, 0.25) is 0 Å². The van der Waals surface area contributed by atoms with E-state index in [1.165, 1.54) is 5.39 Å². The van der Waals surface area contributed by atoms with Crippen molar-refractivity contribution in [3.05, 3.63) is 42.1 Å². The largest absolute Gasteiger partial charge is 0.481 e. The summed E-state index contributed by atoms with van der Waals surface area (Å²) < 4.78 is 0. The number of hydrogen-bond acceptors (Lipinski definition) is 3. The molecule has 21 heavy (non-hydrogen) atoms. The van der Waals surface area contributed by atoms with Crippen molar-refractivity contribution >= 4 is 16.9 Å². The van der Waals surface area contributed by atoms with Gasteiger partial charge in [-0.15, -0.1) is 0 Å². The Hall–Kier alpha value is -1.94. The van der Waals surface area contributed by atoms with Crippen LogP contribution in [-0.2, 0) is 11.3 Å². The first-order valence-corrected chi connectivity index (χ1v) is 7.49. The quantitative estimate of drug-likeness (QED) is 0.917. The zero-order chi connectivity index (χ0) is 14.7. The highest BCUT2D eigenvalue weighted by Gasteiger charge is 2.23. The molecule has 4 nitrogen and oxygen atoms in total. The smallest absolute Gasteiger partial charge is 0.303 e. The van der Waals surface area contributed by atoms with E-state index in [2.05, 4.69) is 23.1 Å². The second-order valence-electron chi connectivity index (χ2n) is 5.82. The van der Waals surface area contributed by atoms with Crippen LogP contribution in [-0.4, -0.2) is 34.0 Å². The lowest BCUT2D eigenvalue weighted by molar-refractivity contribution is -0.137. The zero-order valence-corrected chi connectivity index (χ0v) is 12.0. The van der Waals surface area contributed by atoms with E-state index >= 15 is 0 Å². The van der Waals surface area contributed by atoms with Gasteiger partial charge in [0.15, 0.2) is 0 Å². The summed E-state index contributed by atoms with van der Waals surface area (Å²) in [6.07, 6.45) is 2.17. The first-order chi connectivity index (χ1) is 10.2. The van der Waals surface area contributed by atoms with E-state index in [0.717, 1.165) is 43.7 Å². The van der Waals surface area contributed by atoms with Gasteiger partial charge in [-0.1, -0.05) is 24.3 Å². The van der Waals surface area contributed by atoms with Gasteiger partial charge in [-0.2, -0.15) is 0 Å². The van der Waals surface area contributed by atoms with E-state index in [9.17, 15) is 4.79 Å². The third-order valence-corrected chi connectivity index (χ3v) is 4.18. The monoisotopic (exact) mass is 284 g/mol. The van der Waals surface area contributed by atoms with E-state index in [-0.39, 0.29) is 6.42 Å². The summed E-state index contributed by atoms with van der Waals surface area (Å²) in [4.78, 5) is 17.7. The summed E-state index contributed by atoms with van der Waals surface area (Å²) in [6.45, 7) is 2.88. The minimum absolute atomic E-state index is 0.284. The second kappa shape index (κ2) is 6.22. The Morgan fingerprint density at radius 3 is 3.00 bits per heavy atom. The Bertz CT molecular complexity index is 641. The van der Waals surface area contributed by atoms with Crippen molar-refractivity contribution in [2.24, 2.45) is 5.92 Å². The average molecular weight is 284 g/mol. The van der Waals surface area contributed by atoms with Crippen molar-refractivity contribution in [2.45, 2.75) is 25.8 Å². The normalized spacial score (nSPS) is 19.1. The number of hydrogen-bond donors (Lipinski definition) is 1. The number of aliphatic carboxylic acids is 1. The Morgan fingerprint density at radius 2 is 2.14 bits per heavy atom. The molecule has 1 aromatic carbocycles. The third-order valence-electron chi connectivity index (χ3n) is 4.18. The number of likely N-dealkylation sites (tertiary alicyclic amines) is 1. The minimum Gasteiger partial charge on any atom is -0.481 e. The lowest BCUT2D eigenvalue weighted by Crippen LogP contribution is -2.21. The molecular weight excluding hydrogens is 264 g/mol. The fourth-order valence-corrected chi connectivity index (χ4v) is 3.05. The molecule has 110 valence electrons. The molecule has 1 N–H and O–H groups in total. The second-order valence-corrected chi connectivity index (χ2v) is 5.82. The highest BCUT2D eigenvalue weighted by Crippen LogP contribution is 2.23. The van der Waals surface area contributed by atoms with Crippen LogP contribution in [0.2, 0.25) is 0 Å². The molecule has 1 aliphatic heterocycles. The van der Waals surface area contributed by atoms with Crippen LogP contribution in [0.15, 0.2) is 36.4 Å². The summed E-state index contributed by atoms with van der Waals surface area (Å²) >= 11 is 0. The van der Waals surface area contributed by atoms with Crippen molar-refractivity contribution in [1.82, 2.24) is 9.88 Å². The van der Waals surface area contributed by atoms with E-state index in [4.69, 9.17) is 10.1 Å². The molecule has 0 radical (unpaired) electrons. The summed E-state index contributed by atoms with van der Waals surface area (Å²) in [5.41, 5.74) is 2.13. The molecule has 4 heteroatoms. The number of benzene rings is 1. The number of nitrogens with zero attached hydrogens (tertiary/aromatic N) is 2. The van der Waals surface area contributed by atoms with Crippen molar-refractivity contribution in [3.63, 3.8) is 0 Å². The molecule has 0 spiro atoms. The summed E-state index contributed by atoms with van der Waals surface area (Å²) in [6, 6.07) is 12.4. The molecule has 0 amide bonds. The van der Waals surface area contributed by atoms with Gasteiger partial charge < -0.3 is 5.11 Å². The molecule has 0 saturated carbocycles. The first kappa shape index (κ1) is 14.0. The molecule has 2 heterocycles. The van der Waals surface area contributed by atoms with E-state index in [0.29, 0.717) is 5.92 Å². The van der Waals surface area contributed by atoms with E-state index < -0.39 is 5.97 Å². The molecule has 2 aromatic rings. The molecule has 0 bridgehead atoms. The number of carboxylic acid groups (broad SMARTS) is 1. The van der Waals surface area contributed by atoms with Gasteiger partial charge in [0.05, 0.1) is 11.2 Å². The van der Waals surface area contributed by atoms with Crippen LogP contribution < -0.4 is 0 Å². The molecule has 1 saturated heterocycles. The number of carbonyl (C=O) groups is 1. The molecule has 1 aromatic heterocycles. The Balaban J connectivity index is 1.60. The first-order valence-electron chi connectivity index (χ1n) is 7.49. The standard InChI is InChI=1S/C17H20N2O2/c20-17(21)8-5-13-9-10-19(11-13)12-15-7-6-14-3-1-2-4-16(14)18-15/h1-4,6-7,13H,5,8-12H2,(H,20,21). The van der Waals surface area contributed by atoms with Gasteiger partial charge in [-0.3, -0.25) is 14.7 Å². The molecule has 1 fully saturated rings. The van der Waals surface area contributed by atoms with Gasteiger partial charge in [0.1, 0.15) is 0 Å². The van der Waals surface area contributed by atoms with Crippen LogP contribution in [0.25, 0.3) is 10.9 Å². The van der Waals surface area contributed by atoms with Crippen LogP contribution in [0.4, 0.5) is 0 Å². The predicted octanol–water partition coefficient (Wildman–Crippen LogP) is 2.92. The Kier molecular flexibility index (Phi) is 4.15. The lowest BCUT2D eigenvalue weighted by atomic mass is 10.0. The minimum atomic E-state index is -0.690. The van der Waals surface area contributed by atoms with Gasteiger partial charge in [-0.05, 0) is 37.4 Å². The number of aromatic nitrogens is 1. The maximum atomic E-state index is 10.6. The van der Waals surface area contributed by atoms with Crippen LogP contribution in [0.1, 0.15) is 25.0 Å².